The van der Waals surface area contributed by atoms with E-state index in [1.54, 1.807) is 23.5 Å². The number of aliphatic hydroxyl groups excluding tert-OH is 4. The lowest BCUT2D eigenvalue weighted by molar-refractivity contribution is -0.231. The number of thiazole rings is 1. The van der Waals surface area contributed by atoms with Gasteiger partial charge in [0.25, 0.3) is 0 Å². The first-order chi connectivity index (χ1) is 14.5. The maximum Gasteiger partial charge on any atom is 0.123 e. The van der Waals surface area contributed by atoms with Gasteiger partial charge in [0.1, 0.15) is 35.5 Å². The molecule has 2 heterocycles. The van der Waals surface area contributed by atoms with Crippen molar-refractivity contribution in [2.45, 2.75) is 36.9 Å². The number of rotatable bonds is 5. The van der Waals surface area contributed by atoms with Crippen LogP contribution in [0.15, 0.2) is 54.7 Å². The normalized spacial score (nSPS) is 26.6. The molecule has 8 heteroatoms. The standard InChI is InChI=1S/C22H22ClNO5S/c23-16-7-6-13(21-20(28)19(27)18(26)17(11-25)29-21)8-14(16)9-15-10-24-22(30-15)12-4-2-1-3-5-12/h1-8,10,17-21,25-28H,9,11H2/t17-,18+,19+,20-,21-/m1/s1. The fourth-order valence-corrected chi connectivity index (χ4v) is 4.70. The van der Waals surface area contributed by atoms with E-state index in [1.807, 2.05) is 42.6 Å². The van der Waals surface area contributed by atoms with Crippen molar-refractivity contribution in [3.63, 3.8) is 0 Å². The highest BCUT2D eigenvalue weighted by Gasteiger charge is 2.44. The molecule has 0 amide bonds. The van der Waals surface area contributed by atoms with E-state index in [0.717, 1.165) is 21.0 Å². The zero-order valence-electron chi connectivity index (χ0n) is 15.9. The Hall–Kier alpha value is -1.84. The Labute approximate surface area is 183 Å². The lowest BCUT2D eigenvalue weighted by Gasteiger charge is -2.40. The SMILES string of the molecule is OC[C@H]1O[C@H](c2ccc(Cl)c(Cc3cnc(-c4ccccc4)s3)c2)[C@H](O)[C@@H](O)[C@H]1O. The molecule has 6 nitrogen and oxygen atoms in total. The zero-order valence-corrected chi connectivity index (χ0v) is 17.5. The van der Waals surface area contributed by atoms with Crippen LogP contribution >= 0.6 is 22.9 Å². The smallest absolute Gasteiger partial charge is 0.123 e. The van der Waals surface area contributed by atoms with Crippen LogP contribution in [0.25, 0.3) is 10.6 Å². The summed E-state index contributed by atoms with van der Waals surface area (Å²) < 4.78 is 5.66. The second-order valence-corrected chi connectivity index (χ2v) is 8.80. The summed E-state index contributed by atoms with van der Waals surface area (Å²) in [6.45, 7) is -0.467. The third kappa shape index (κ3) is 4.29. The second kappa shape index (κ2) is 9.11. The molecule has 4 rings (SSSR count). The Morgan fingerprint density at radius 1 is 1.00 bits per heavy atom. The average molecular weight is 448 g/mol. The Bertz CT molecular complexity index is 996. The first kappa shape index (κ1) is 21.4. The Morgan fingerprint density at radius 3 is 2.50 bits per heavy atom. The number of hydrogen-bond donors (Lipinski definition) is 4. The monoisotopic (exact) mass is 447 g/mol. The largest absolute Gasteiger partial charge is 0.394 e. The summed E-state index contributed by atoms with van der Waals surface area (Å²) in [5.41, 5.74) is 2.49. The van der Waals surface area contributed by atoms with Crippen LogP contribution in [0.4, 0.5) is 0 Å². The molecular weight excluding hydrogens is 426 g/mol. The van der Waals surface area contributed by atoms with E-state index in [-0.39, 0.29) is 0 Å². The van der Waals surface area contributed by atoms with Crippen molar-refractivity contribution in [2.75, 3.05) is 6.61 Å². The molecule has 1 aromatic heterocycles. The Kier molecular flexibility index (Phi) is 6.50. The molecule has 0 saturated carbocycles. The molecule has 5 atom stereocenters. The van der Waals surface area contributed by atoms with Gasteiger partial charge in [0, 0.05) is 28.1 Å². The molecule has 158 valence electrons. The van der Waals surface area contributed by atoms with Crippen molar-refractivity contribution in [3.8, 4) is 10.6 Å². The number of aliphatic hydroxyl groups is 4. The van der Waals surface area contributed by atoms with Crippen LogP contribution in [0.2, 0.25) is 5.02 Å². The Morgan fingerprint density at radius 2 is 1.77 bits per heavy atom. The van der Waals surface area contributed by atoms with Crippen molar-refractivity contribution in [2.24, 2.45) is 0 Å². The van der Waals surface area contributed by atoms with E-state index in [2.05, 4.69) is 4.98 Å². The molecule has 0 bridgehead atoms. The van der Waals surface area contributed by atoms with Crippen LogP contribution < -0.4 is 0 Å². The lowest BCUT2D eigenvalue weighted by Crippen LogP contribution is -2.55. The van der Waals surface area contributed by atoms with E-state index in [4.69, 9.17) is 16.3 Å². The molecule has 3 aromatic rings. The van der Waals surface area contributed by atoms with Gasteiger partial charge in [0.05, 0.1) is 6.61 Å². The molecule has 0 radical (unpaired) electrons. The highest BCUT2D eigenvalue weighted by Crippen LogP contribution is 2.35. The molecule has 1 fully saturated rings. The maximum absolute atomic E-state index is 10.4. The molecule has 1 aliphatic rings. The number of nitrogens with zero attached hydrogens (tertiary/aromatic N) is 1. The predicted molar refractivity (Wildman–Crippen MR) is 115 cm³/mol. The van der Waals surface area contributed by atoms with Crippen LogP contribution in [0.3, 0.4) is 0 Å². The number of aromatic nitrogens is 1. The molecule has 0 aliphatic carbocycles. The van der Waals surface area contributed by atoms with Crippen molar-refractivity contribution in [1.82, 2.24) is 4.98 Å². The van der Waals surface area contributed by atoms with Gasteiger partial charge in [-0.15, -0.1) is 11.3 Å². The number of benzene rings is 2. The van der Waals surface area contributed by atoms with Gasteiger partial charge in [0.2, 0.25) is 0 Å². The summed E-state index contributed by atoms with van der Waals surface area (Å²) in [5, 5.41) is 41.4. The quantitative estimate of drug-likeness (QED) is 0.479. The minimum absolute atomic E-state index is 0.467. The number of halogens is 1. The third-order valence-electron chi connectivity index (χ3n) is 5.23. The van der Waals surface area contributed by atoms with Gasteiger partial charge >= 0.3 is 0 Å². The van der Waals surface area contributed by atoms with Crippen LogP contribution in [0.1, 0.15) is 22.1 Å². The topological polar surface area (TPSA) is 103 Å². The lowest BCUT2D eigenvalue weighted by atomic mass is 9.90. The molecule has 4 N–H and O–H groups in total. The molecule has 0 spiro atoms. The van der Waals surface area contributed by atoms with Gasteiger partial charge in [-0.2, -0.15) is 0 Å². The summed E-state index contributed by atoms with van der Waals surface area (Å²) in [7, 11) is 0. The van der Waals surface area contributed by atoms with Crippen LogP contribution in [-0.4, -0.2) is 56.4 Å². The summed E-state index contributed by atoms with van der Waals surface area (Å²) in [6, 6.07) is 15.2. The number of ether oxygens (including phenoxy) is 1. The van der Waals surface area contributed by atoms with E-state index < -0.39 is 37.1 Å². The highest BCUT2D eigenvalue weighted by atomic mass is 35.5. The van der Waals surface area contributed by atoms with E-state index in [9.17, 15) is 20.4 Å². The summed E-state index contributed by atoms with van der Waals surface area (Å²) in [4.78, 5) is 5.53. The fraction of sp³-hybridized carbons (Fsp3) is 0.318. The van der Waals surface area contributed by atoms with Crippen molar-refractivity contribution >= 4 is 22.9 Å². The van der Waals surface area contributed by atoms with Gasteiger partial charge in [-0.25, -0.2) is 4.98 Å². The molecule has 1 aliphatic heterocycles. The van der Waals surface area contributed by atoms with Crippen LogP contribution in [0.5, 0.6) is 0 Å². The summed E-state index contributed by atoms with van der Waals surface area (Å²) in [5.74, 6) is 0. The minimum Gasteiger partial charge on any atom is -0.394 e. The summed E-state index contributed by atoms with van der Waals surface area (Å²) >= 11 is 7.98. The zero-order chi connectivity index (χ0) is 21.3. The molecular formula is C22H22ClNO5S. The van der Waals surface area contributed by atoms with Gasteiger partial charge in [0.15, 0.2) is 0 Å². The maximum atomic E-state index is 10.4. The first-order valence-corrected chi connectivity index (χ1v) is 10.8. The summed E-state index contributed by atoms with van der Waals surface area (Å²) in [6.07, 6.45) is -3.61. The van der Waals surface area contributed by atoms with E-state index in [0.29, 0.717) is 17.0 Å². The third-order valence-corrected chi connectivity index (χ3v) is 6.64. The Balaban J connectivity index is 1.57. The average Bonchev–Trinajstić information content (AvgIpc) is 3.23. The second-order valence-electron chi connectivity index (χ2n) is 7.27. The molecule has 0 unspecified atom stereocenters. The van der Waals surface area contributed by atoms with Gasteiger partial charge in [-0.05, 0) is 17.2 Å². The van der Waals surface area contributed by atoms with Gasteiger partial charge < -0.3 is 25.2 Å². The van der Waals surface area contributed by atoms with Crippen molar-refractivity contribution in [1.29, 1.82) is 0 Å². The van der Waals surface area contributed by atoms with Gasteiger partial charge in [-0.3, -0.25) is 0 Å². The van der Waals surface area contributed by atoms with Gasteiger partial charge in [-0.1, -0.05) is 54.1 Å². The number of hydrogen-bond acceptors (Lipinski definition) is 7. The van der Waals surface area contributed by atoms with Crippen LogP contribution in [-0.2, 0) is 11.2 Å². The molecule has 2 aromatic carbocycles. The first-order valence-electron chi connectivity index (χ1n) is 9.57. The molecule has 30 heavy (non-hydrogen) atoms. The van der Waals surface area contributed by atoms with E-state index in [1.165, 1.54) is 0 Å². The highest BCUT2D eigenvalue weighted by molar-refractivity contribution is 7.15. The van der Waals surface area contributed by atoms with Crippen molar-refractivity contribution in [3.05, 3.63) is 75.8 Å². The fourth-order valence-electron chi connectivity index (χ4n) is 3.58. The van der Waals surface area contributed by atoms with E-state index >= 15 is 0 Å². The van der Waals surface area contributed by atoms with Crippen LogP contribution in [0, 0.1) is 0 Å². The van der Waals surface area contributed by atoms with Crippen molar-refractivity contribution < 1.29 is 25.2 Å². The predicted octanol–water partition coefficient (Wildman–Crippen LogP) is 2.57. The molecule has 1 saturated heterocycles. The minimum atomic E-state index is -1.42.